The van der Waals surface area contributed by atoms with Crippen LogP contribution in [0.5, 0.6) is 0 Å². The number of hydrogen-bond donors (Lipinski definition) is 1. The van der Waals surface area contributed by atoms with E-state index in [1.165, 1.54) is 6.07 Å². The smallest absolute Gasteiger partial charge is 0.340 e. The highest BCUT2D eigenvalue weighted by Gasteiger charge is 2.20. The first-order valence-corrected chi connectivity index (χ1v) is 8.80. The molecule has 0 amide bonds. The van der Waals surface area contributed by atoms with Crippen LogP contribution < -0.4 is 10.2 Å². The largest absolute Gasteiger partial charge is 0.462 e. The summed E-state index contributed by atoms with van der Waals surface area (Å²) in [5, 5.41) is 3.18. The summed E-state index contributed by atoms with van der Waals surface area (Å²) in [6.07, 6.45) is 0. The second-order valence-corrected chi connectivity index (χ2v) is 6.00. The van der Waals surface area contributed by atoms with E-state index in [1.807, 2.05) is 12.1 Å². The number of nitrogens with one attached hydrogen (secondary N) is 1. The lowest BCUT2D eigenvalue weighted by atomic mass is 10.1. The summed E-state index contributed by atoms with van der Waals surface area (Å²) in [7, 11) is 0. The number of halogens is 1. The molecular weight excluding hydrogens is 335 g/mol. The third kappa shape index (κ3) is 4.32. The number of carbonyl (C=O) groups is 1. The molecule has 0 bridgehead atoms. The van der Waals surface area contributed by atoms with E-state index >= 15 is 0 Å². The van der Waals surface area contributed by atoms with Gasteiger partial charge in [0, 0.05) is 30.9 Å². The molecule has 1 aliphatic rings. The van der Waals surface area contributed by atoms with E-state index < -0.39 is 0 Å². The highest BCUT2D eigenvalue weighted by atomic mass is 19.1. The van der Waals surface area contributed by atoms with Crippen LogP contribution >= 0.6 is 0 Å². The van der Waals surface area contributed by atoms with Crippen LogP contribution in [0.1, 0.15) is 22.8 Å². The maximum absolute atomic E-state index is 13.8. The Bertz CT molecular complexity index is 760. The van der Waals surface area contributed by atoms with Crippen LogP contribution in [-0.2, 0) is 16.0 Å². The molecule has 0 spiro atoms. The Morgan fingerprint density at radius 3 is 2.73 bits per heavy atom. The standard InChI is InChI=1S/C20H23FN2O3/c1-2-26-20(24)17-13-16(22-14-15-5-3-4-6-18(15)21)7-8-19(17)23-9-11-25-12-10-23/h3-8,13,22H,2,9-12,14H2,1H3. The van der Waals surface area contributed by atoms with Crippen molar-refractivity contribution in [1.82, 2.24) is 0 Å². The summed E-state index contributed by atoms with van der Waals surface area (Å²) in [4.78, 5) is 14.5. The molecule has 0 saturated carbocycles. The average molecular weight is 358 g/mol. The number of esters is 1. The van der Waals surface area contributed by atoms with Gasteiger partial charge in [-0.3, -0.25) is 0 Å². The van der Waals surface area contributed by atoms with E-state index in [9.17, 15) is 9.18 Å². The van der Waals surface area contributed by atoms with E-state index in [-0.39, 0.29) is 11.8 Å². The fraction of sp³-hybridized carbons (Fsp3) is 0.350. The van der Waals surface area contributed by atoms with Gasteiger partial charge >= 0.3 is 5.97 Å². The van der Waals surface area contributed by atoms with E-state index in [1.54, 1.807) is 31.2 Å². The van der Waals surface area contributed by atoms with Gasteiger partial charge in [-0.2, -0.15) is 0 Å². The minimum Gasteiger partial charge on any atom is -0.462 e. The summed E-state index contributed by atoms with van der Waals surface area (Å²) in [5.41, 5.74) is 2.66. The van der Waals surface area contributed by atoms with Gasteiger partial charge in [0.2, 0.25) is 0 Å². The molecule has 5 nitrogen and oxygen atoms in total. The van der Waals surface area contributed by atoms with E-state index in [0.717, 1.165) is 24.5 Å². The number of nitrogens with zero attached hydrogens (tertiary/aromatic N) is 1. The SMILES string of the molecule is CCOC(=O)c1cc(NCc2ccccc2F)ccc1N1CCOCC1. The van der Waals surface area contributed by atoms with Gasteiger partial charge in [-0.05, 0) is 31.2 Å². The third-order valence-electron chi connectivity index (χ3n) is 4.28. The number of morpholine rings is 1. The molecule has 1 aliphatic heterocycles. The maximum atomic E-state index is 13.8. The van der Waals surface area contributed by atoms with Crippen molar-refractivity contribution in [3.05, 3.63) is 59.4 Å². The minimum atomic E-state index is -0.358. The van der Waals surface area contributed by atoms with Crippen molar-refractivity contribution in [3.8, 4) is 0 Å². The Hall–Kier alpha value is -2.60. The van der Waals surface area contributed by atoms with Gasteiger partial charge < -0.3 is 19.7 Å². The molecule has 6 heteroatoms. The first kappa shape index (κ1) is 18.2. The Balaban J connectivity index is 1.81. The van der Waals surface area contributed by atoms with Crippen LogP contribution in [0.25, 0.3) is 0 Å². The zero-order valence-electron chi connectivity index (χ0n) is 14.8. The summed E-state index contributed by atoms with van der Waals surface area (Å²) in [5.74, 6) is -0.612. The molecule has 26 heavy (non-hydrogen) atoms. The highest BCUT2D eigenvalue weighted by molar-refractivity contribution is 5.97. The first-order valence-electron chi connectivity index (χ1n) is 8.80. The van der Waals surface area contributed by atoms with Gasteiger partial charge in [0.1, 0.15) is 5.82 Å². The van der Waals surface area contributed by atoms with Gasteiger partial charge in [0.15, 0.2) is 0 Å². The normalized spacial score (nSPS) is 14.2. The highest BCUT2D eigenvalue weighted by Crippen LogP contribution is 2.26. The quantitative estimate of drug-likeness (QED) is 0.802. The van der Waals surface area contributed by atoms with Crippen LogP contribution in [0.2, 0.25) is 0 Å². The number of ether oxygens (including phenoxy) is 2. The predicted molar refractivity (Wildman–Crippen MR) is 99.2 cm³/mol. The summed E-state index contributed by atoms with van der Waals surface area (Å²) < 4.78 is 24.4. The molecule has 0 atom stereocenters. The lowest BCUT2D eigenvalue weighted by Crippen LogP contribution is -2.37. The molecule has 138 valence electrons. The van der Waals surface area contributed by atoms with Crippen molar-refractivity contribution in [2.24, 2.45) is 0 Å². The summed E-state index contributed by atoms with van der Waals surface area (Å²) in [6, 6.07) is 12.2. The van der Waals surface area contributed by atoms with E-state index in [2.05, 4.69) is 10.2 Å². The zero-order chi connectivity index (χ0) is 18.4. The Labute approximate surface area is 152 Å². The summed E-state index contributed by atoms with van der Waals surface area (Å²) >= 11 is 0. The molecule has 0 radical (unpaired) electrons. The van der Waals surface area contributed by atoms with Crippen LogP contribution in [-0.4, -0.2) is 38.9 Å². The molecule has 2 aromatic carbocycles. The predicted octanol–water partition coefficient (Wildman–Crippen LogP) is 3.45. The fourth-order valence-electron chi connectivity index (χ4n) is 2.94. The third-order valence-corrected chi connectivity index (χ3v) is 4.28. The van der Waals surface area contributed by atoms with Crippen molar-refractivity contribution < 1.29 is 18.7 Å². The molecule has 1 saturated heterocycles. The number of benzene rings is 2. The van der Waals surface area contributed by atoms with Crippen molar-refractivity contribution in [1.29, 1.82) is 0 Å². The molecule has 3 rings (SSSR count). The van der Waals surface area contributed by atoms with Crippen LogP contribution in [0, 0.1) is 5.82 Å². The second-order valence-electron chi connectivity index (χ2n) is 6.00. The first-order chi connectivity index (χ1) is 12.7. The number of anilines is 2. The average Bonchev–Trinajstić information content (AvgIpc) is 2.68. The van der Waals surface area contributed by atoms with Gasteiger partial charge in [-0.15, -0.1) is 0 Å². The number of hydrogen-bond acceptors (Lipinski definition) is 5. The van der Waals surface area contributed by atoms with Crippen LogP contribution in [0.3, 0.4) is 0 Å². The number of carbonyl (C=O) groups excluding carboxylic acids is 1. The Morgan fingerprint density at radius 1 is 1.23 bits per heavy atom. The van der Waals surface area contributed by atoms with Gasteiger partial charge in [-0.25, -0.2) is 9.18 Å². The van der Waals surface area contributed by atoms with Gasteiger partial charge in [-0.1, -0.05) is 18.2 Å². The van der Waals surface area contributed by atoms with Gasteiger partial charge in [0.25, 0.3) is 0 Å². The molecule has 1 N–H and O–H groups in total. The molecule has 0 aliphatic carbocycles. The maximum Gasteiger partial charge on any atom is 0.340 e. The van der Waals surface area contributed by atoms with Crippen molar-refractivity contribution in [3.63, 3.8) is 0 Å². The lowest BCUT2D eigenvalue weighted by Gasteiger charge is -2.30. The van der Waals surface area contributed by atoms with Gasteiger partial charge in [0.05, 0.1) is 31.1 Å². The summed E-state index contributed by atoms with van der Waals surface area (Å²) in [6.45, 7) is 5.17. The topological polar surface area (TPSA) is 50.8 Å². The van der Waals surface area contributed by atoms with E-state index in [0.29, 0.717) is 37.5 Å². The van der Waals surface area contributed by atoms with Crippen molar-refractivity contribution in [2.75, 3.05) is 43.1 Å². The van der Waals surface area contributed by atoms with Crippen molar-refractivity contribution in [2.45, 2.75) is 13.5 Å². The molecular formula is C20H23FN2O3. The molecule has 1 heterocycles. The van der Waals surface area contributed by atoms with Crippen molar-refractivity contribution >= 4 is 17.3 Å². The van der Waals surface area contributed by atoms with Crippen LogP contribution in [0.15, 0.2) is 42.5 Å². The monoisotopic (exact) mass is 358 g/mol. The molecule has 0 unspecified atom stereocenters. The zero-order valence-corrected chi connectivity index (χ0v) is 14.8. The Kier molecular flexibility index (Phi) is 6.07. The Morgan fingerprint density at radius 2 is 2.00 bits per heavy atom. The molecule has 1 fully saturated rings. The minimum absolute atomic E-state index is 0.254. The van der Waals surface area contributed by atoms with Crippen LogP contribution in [0.4, 0.5) is 15.8 Å². The van der Waals surface area contributed by atoms with E-state index in [4.69, 9.17) is 9.47 Å². The lowest BCUT2D eigenvalue weighted by molar-refractivity contribution is 0.0526. The number of rotatable bonds is 6. The second kappa shape index (κ2) is 8.67. The molecule has 0 aromatic heterocycles. The molecule has 2 aromatic rings. The fourth-order valence-corrected chi connectivity index (χ4v) is 2.94.